The molecule has 0 aromatic heterocycles. The second-order valence-electron chi connectivity index (χ2n) is 8.18. The minimum Gasteiger partial charge on any atom is -0.493 e. The molecule has 2 aromatic rings. The minimum atomic E-state index is -0.690. The van der Waals surface area contributed by atoms with Crippen LogP contribution in [0.4, 0.5) is 4.39 Å². The largest absolute Gasteiger partial charge is 0.493 e. The van der Waals surface area contributed by atoms with Gasteiger partial charge < -0.3 is 19.5 Å². The van der Waals surface area contributed by atoms with Crippen LogP contribution in [0.3, 0.4) is 0 Å². The van der Waals surface area contributed by atoms with E-state index in [4.69, 9.17) is 14.2 Å². The van der Waals surface area contributed by atoms with Crippen molar-refractivity contribution in [2.24, 2.45) is 0 Å². The quantitative estimate of drug-likeness (QED) is 0.723. The summed E-state index contributed by atoms with van der Waals surface area (Å²) in [6.07, 6.45) is 2.17. The van der Waals surface area contributed by atoms with Crippen LogP contribution in [0, 0.1) is 5.82 Å². The van der Waals surface area contributed by atoms with Crippen molar-refractivity contribution in [1.29, 1.82) is 0 Å². The summed E-state index contributed by atoms with van der Waals surface area (Å²) >= 11 is 0. The number of hydrogen-bond acceptors (Lipinski definition) is 5. The standard InChI is InChI=1S/C24H29FN2O4/c1-3-12-29-21-14-23-22(30-16-31-23)13-18(21)15-27-10-8-24(9-11-27,26-17(2)28)19-6-4-5-7-20(19)25/h4-7,13-14H,3,8-12,15-16H2,1-2H3,(H,26,28). The molecule has 0 saturated carbocycles. The Morgan fingerprint density at radius 3 is 2.58 bits per heavy atom. The van der Waals surface area contributed by atoms with Crippen LogP contribution in [0.15, 0.2) is 36.4 Å². The van der Waals surface area contributed by atoms with Gasteiger partial charge in [0, 0.05) is 43.8 Å². The normalized spacial score (nSPS) is 17.4. The van der Waals surface area contributed by atoms with Gasteiger partial charge in [-0.2, -0.15) is 0 Å². The van der Waals surface area contributed by atoms with Gasteiger partial charge in [0.1, 0.15) is 11.6 Å². The summed E-state index contributed by atoms with van der Waals surface area (Å²) in [5.41, 5.74) is 0.903. The molecule has 0 unspecified atom stereocenters. The molecule has 0 radical (unpaired) electrons. The Hall–Kier alpha value is -2.80. The predicted octanol–water partition coefficient (Wildman–Crippen LogP) is 3.97. The fourth-order valence-corrected chi connectivity index (χ4v) is 4.42. The van der Waals surface area contributed by atoms with Crippen molar-refractivity contribution in [3.63, 3.8) is 0 Å². The summed E-state index contributed by atoms with van der Waals surface area (Å²) in [6, 6.07) is 10.6. The van der Waals surface area contributed by atoms with Crippen molar-refractivity contribution < 1.29 is 23.4 Å². The van der Waals surface area contributed by atoms with Crippen LogP contribution in [-0.2, 0) is 16.9 Å². The topological polar surface area (TPSA) is 60.0 Å². The average molecular weight is 429 g/mol. The predicted molar refractivity (Wildman–Crippen MR) is 115 cm³/mol. The zero-order valence-electron chi connectivity index (χ0n) is 18.1. The highest BCUT2D eigenvalue weighted by Gasteiger charge is 2.39. The number of fused-ring (bicyclic) bond motifs is 1. The van der Waals surface area contributed by atoms with Gasteiger partial charge in [-0.15, -0.1) is 0 Å². The fourth-order valence-electron chi connectivity index (χ4n) is 4.42. The SMILES string of the molecule is CCCOc1cc2c(cc1CN1CCC(NC(C)=O)(c3ccccc3F)CC1)OCO2. The number of piperidine rings is 1. The van der Waals surface area contributed by atoms with Crippen LogP contribution < -0.4 is 19.5 Å². The van der Waals surface area contributed by atoms with Gasteiger partial charge in [0.2, 0.25) is 12.7 Å². The maximum absolute atomic E-state index is 14.6. The molecule has 1 saturated heterocycles. The molecule has 6 nitrogen and oxygen atoms in total. The summed E-state index contributed by atoms with van der Waals surface area (Å²) < 4.78 is 31.6. The Labute approximate surface area is 182 Å². The van der Waals surface area contributed by atoms with Gasteiger partial charge in [-0.1, -0.05) is 25.1 Å². The number of halogens is 1. The Bertz CT molecular complexity index is 941. The fraction of sp³-hybridized carbons (Fsp3) is 0.458. The van der Waals surface area contributed by atoms with E-state index in [2.05, 4.69) is 17.1 Å². The maximum atomic E-state index is 14.6. The number of nitrogens with zero attached hydrogens (tertiary/aromatic N) is 1. The summed E-state index contributed by atoms with van der Waals surface area (Å²) in [6.45, 7) is 6.53. The highest BCUT2D eigenvalue weighted by atomic mass is 19.1. The van der Waals surface area contributed by atoms with Crippen molar-refractivity contribution >= 4 is 5.91 Å². The molecule has 1 amide bonds. The van der Waals surface area contributed by atoms with E-state index in [1.54, 1.807) is 12.1 Å². The van der Waals surface area contributed by atoms with Crippen LogP contribution in [-0.4, -0.2) is 37.3 Å². The summed E-state index contributed by atoms with van der Waals surface area (Å²) in [7, 11) is 0. The Morgan fingerprint density at radius 2 is 1.90 bits per heavy atom. The first kappa shape index (κ1) is 21.4. The zero-order chi connectivity index (χ0) is 21.8. The third kappa shape index (κ3) is 4.61. The number of hydrogen-bond donors (Lipinski definition) is 1. The van der Waals surface area contributed by atoms with Crippen LogP contribution in [0.5, 0.6) is 17.2 Å². The molecule has 2 heterocycles. The number of carbonyl (C=O) groups excluding carboxylic acids is 1. The average Bonchev–Trinajstić information content (AvgIpc) is 3.20. The first-order valence-corrected chi connectivity index (χ1v) is 10.8. The smallest absolute Gasteiger partial charge is 0.231 e. The van der Waals surface area contributed by atoms with E-state index in [9.17, 15) is 9.18 Å². The summed E-state index contributed by atoms with van der Waals surface area (Å²) in [5, 5.41) is 3.04. The molecule has 2 aromatic carbocycles. The Morgan fingerprint density at radius 1 is 1.19 bits per heavy atom. The molecular formula is C24H29FN2O4. The van der Waals surface area contributed by atoms with Crippen molar-refractivity contribution in [2.75, 3.05) is 26.5 Å². The lowest BCUT2D eigenvalue weighted by Gasteiger charge is -2.43. The van der Waals surface area contributed by atoms with E-state index >= 15 is 0 Å². The highest BCUT2D eigenvalue weighted by molar-refractivity contribution is 5.74. The van der Waals surface area contributed by atoms with Gasteiger partial charge in [-0.05, 0) is 31.4 Å². The van der Waals surface area contributed by atoms with Gasteiger partial charge >= 0.3 is 0 Å². The number of amides is 1. The van der Waals surface area contributed by atoms with E-state index in [-0.39, 0.29) is 18.5 Å². The van der Waals surface area contributed by atoms with Crippen LogP contribution >= 0.6 is 0 Å². The van der Waals surface area contributed by atoms with Gasteiger partial charge in [0.25, 0.3) is 0 Å². The first-order chi connectivity index (χ1) is 15.0. The van der Waals surface area contributed by atoms with E-state index < -0.39 is 5.54 Å². The second kappa shape index (κ2) is 9.14. The Balaban J connectivity index is 1.52. The monoisotopic (exact) mass is 428 g/mol. The number of nitrogens with one attached hydrogen (secondary N) is 1. The molecule has 31 heavy (non-hydrogen) atoms. The summed E-state index contributed by atoms with van der Waals surface area (Å²) in [5.74, 6) is 1.81. The number of benzene rings is 2. The number of likely N-dealkylation sites (tertiary alicyclic amines) is 1. The molecule has 4 rings (SSSR count). The molecule has 0 atom stereocenters. The lowest BCUT2D eigenvalue weighted by Crippen LogP contribution is -2.52. The second-order valence-corrected chi connectivity index (χ2v) is 8.18. The lowest BCUT2D eigenvalue weighted by molar-refractivity contribution is -0.121. The molecule has 2 aliphatic rings. The number of carbonyl (C=O) groups is 1. The Kier molecular flexibility index (Phi) is 6.32. The summed E-state index contributed by atoms with van der Waals surface area (Å²) in [4.78, 5) is 14.2. The molecule has 2 aliphatic heterocycles. The molecule has 1 fully saturated rings. The zero-order valence-corrected chi connectivity index (χ0v) is 18.1. The number of ether oxygens (including phenoxy) is 3. The van der Waals surface area contributed by atoms with E-state index in [1.165, 1.54) is 13.0 Å². The van der Waals surface area contributed by atoms with E-state index in [0.717, 1.165) is 36.6 Å². The van der Waals surface area contributed by atoms with Gasteiger partial charge in [0.05, 0.1) is 12.1 Å². The molecule has 1 N–H and O–H groups in total. The van der Waals surface area contributed by atoms with Gasteiger partial charge in [0.15, 0.2) is 11.5 Å². The molecule has 0 aliphatic carbocycles. The number of rotatable bonds is 7. The minimum absolute atomic E-state index is 0.150. The van der Waals surface area contributed by atoms with E-state index in [1.807, 2.05) is 18.2 Å². The third-order valence-corrected chi connectivity index (χ3v) is 5.93. The third-order valence-electron chi connectivity index (χ3n) is 5.93. The van der Waals surface area contributed by atoms with Crippen molar-refractivity contribution in [3.05, 3.63) is 53.3 Å². The van der Waals surface area contributed by atoms with Gasteiger partial charge in [-0.3, -0.25) is 9.69 Å². The first-order valence-electron chi connectivity index (χ1n) is 10.8. The molecule has 0 spiro atoms. The lowest BCUT2D eigenvalue weighted by atomic mass is 9.80. The van der Waals surface area contributed by atoms with E-state index in [0.29, 0.717) is 37.3 Å². The van der Waals surface area contributed by atoms with Crippen LogP contribution in [0.2, 0.25) is 0 Å². The van der Waals surface area contributed by atoms with Gasteiger partial charge in [-0.25, -0.2) is 4.39 Å². The molecule has 7 heteroatoms. The van der Waals surface area contributed by atoms with Crippen molar-refractivity contribution in [3.8, 4) is 17.2 Å². The van der Waals surface area contributed by atoms with Crippen LogP contribution in [0.25, 0.3) is 0 Å². The maximum Gasteiger partial charge on any atom is 0.231 e. The molecule has 166 valence electrons. The van der Waals surface area contributed by atoms with Crippen molar-refractivity contribution in [2.45, 2.75) is 45.2 Å². The van der Waals surface area contributed by atoms with Crippen molar-refractivity contribution in [1.82, 2.24) is 10.2 Å². The highest BCUT2D eigenvalue weighted by Crippen LogP contribution is 2.40. The molecular weight excluding hydrogens is 399 g/mol. The molecule has 0 bridgehead atoms. The van der Waals surface area contributed by atoms with Crippen LogP contribution in [0.1, 0.15) is 44.2 Å².